The second kappa shape index (κ2) is 8.17. The number of nitrogens with zero attached hydrogens (tertiary/aromatic N) is 7. The Morgan fingerprint density at radius 1 is 1.00 bits per heavy atom. The Labute approximate surface area is 180 Å². The van der Waals surface area contributed by atoms with Crippen molar-refractivity contribution >= 4 is 11.7 Å². The van der Waals surface area contributed by atoms with Crippen LogP contribution in [-0.2, 0) is 6.18 Å². The fourth-order valence-electron chi connectivity index (χ4n) is 3.50. The smallest absolute Gasteiger partial charge is 0.353 e. The van der Waals surface area contributed by atoms with Gasteiger partial charge in [0.15, 0.2) is 5.69 Å². The normalized spacial score (nSPS) is 14.7. The minimum atomic E-state index is -4.56. The summed E-state index contributed by atoms with van der Waals surface area (Å²) < 4.78 is 53.8. The molecule has 0 aliphatic carbocycles. The summed E-state index contributed by atoms with van der Waals surface area (Å²) in [6.07, 6.45) is -4.56. The predicted molar refractivity (Wildman–Crippen MR) is 106 cm³/mol. The number of hydrogen-bond acceptors (Lipinski definition) is 6. The van der Waals surface area contributed by atoms with Crippen molar-refractivity contribution < 1.29 is 22.4 Å². The molecule has 0 spiro atoms. The van der Waals surface area contributed by atoms with Gasteiger partial charge in [-0.3, -0.25) is 4.79 Å². The maximum absolute atomic E-state index is 13.2. The van der Waals surface area contributed by atoms with Gasteiger partial charge >= 0.3 is 6.18 Å². The summed E-state index contributed by atoms with van der Waals surface area (Å²) in [5.74, 6) is -0.510. The Bertz CT molecular complexity index is 1140. The summed E-state index contributed by atoms with van der Waals surface area (Å²) in [7, 11) is 0. The maximum atomic E-state index is 13.2. The molecule has 0 radical (unpaired) electrons. The van der Waals surface area contributed by atoms with Crippen molar-refractivity contribution in [2.24, 2.45) is 0 Å². The molecule has 1 aliphatic rings. The molecule has 0 N–H and O–H groups in total. The van der Waals surface area contributed by atoms with Crippen LogP contribution in [0.1, 0.15) is 27.7 Å². The molecule has 1 fully saturated rings. The lowest BCUT2D eigenvalue weighted by Gasteiger charge is -2.35. The molecule has 1 aliphatic heterocycles. The van der Waals surface area contributed by atoms with Crippen LogP contribution in [0.3, 0.4) is 0 Å². The summed E-state index contributed by atoms with van der Waals surface area (Å²) >= 11 is 0. The van der Waals surface area contributed by atoms with Crippen LogP contribution in [0.25, 0.3) is 5.69 Å². The molecule has 0 saturated carbocycles. The second-order valence-corrected chi connectivity index (χ2v) is 7.35. The number of alkyl halides is 3. The molecule has 0 bridgehead atoms. The summed E-state index contributed by atoms with van der Waals surface area (Å²) in [6, 6.07) is 6.56. The van der Waals surface area contributed by atoms with Crippen molar-refractivity contribution in [3.63, 3.8) is 0 Å². The first-order valence-corrected chi connectivity index (χ1v) is 9.79. The van der Waals surface area contributed by atoms with Crippen molar-refractivity contribution in [3.05, 3.63) is 59.1 Å². The van der Waals surface area contributed by atoms with Crippen LogP contribution < -0.4 is 4.90 Å². The standard InChI is InChI=1S/C20H19F4N7O/c1-12-18(27-28-31(12)15-5-3-14(21)4-6-15)19(32)30-9-7-29(8-10-30)17-11-16(20(22,23)24)25-13(2)26-17/h3-6,11H,7-10H2,1-2H3. The van der Waals surface area contributed by atoms with Crippen molar-refractivity contribution in [2.75, 3.05) is 31.1 Å². The Kier molecular flexibility index (Phi) is 5.53. The van der Waals surface area contributed by atoms with E-state index >= 15 is 0 Å². The van der Waals surface area contributed by atoms with E-state index in [0.29, 0.717) is 24.5 Å². The SMILES string of the molecule is Cc1nc(N2CCN(C(=O)c3nnn(-c4ccc(F)cc4)c3C)CC2)cc(C(F)(F)F)n1. The lowest BCUT2D eigenvalue weighted by Crippen LogP contribution is -2.49. The van der Waals surface area contributed by atoms with E-state index in [1.54, 1.807) is 16.7 Å². The molecule has 2 aromatic heterocycles. The molecule has 8 nitrogen and oxygen atoms in total. The van der Waals surface area contributed by atoms with Crippen molar-refractivity contribution in [1.29, 1.82) is 0 Å². The number of halogens is 4. The van der Waals surface area contributed by atoms with Gasteiger partial charge in [-0.15, -0.1) is 5.10 Å². The largest absolute Gasteiger partial charge is 0.433 e. The summed E-state index contributed by atoms with van der Waals surface area (Å²) in [4.78, 5) is 23.8. The zero-order valence-electron chi connectivity index (χ0n) is 17.3. The first-order valence-electron chi connectivity index (χ1n) is 9.79. The number of amides is 1. The van der Waals surface area contributed by atoms with Gasteiger partial charge in [-0.05, 0) is 38.1 Å². The highest BCUT2D eigenvalue weighted by Crippen LogP contribution is 2.30. The molecular weight excluding hydrogens is 430 g/mol. The fraction of sp³-hybridized carbons (Fsp3) is 0.350. The van der Waals surface area contributed by atoms with Gasteiger partial charge in [-0.25, -0.2) is 19.0 Å². The minimum Gasteiger partial charge on any atom is -0.353 e. The van der Waals surface area contributed by atoms with E-state index in [1.165, 1.54) is 35.9 Å². The molecule has 1 amide bonds. The fourth-order valence-corrected chi connectivity index (χ4v) is 3.50. The van der Waals surface area contributed by atoms with Crippen LogP contribution in [-0.4, -0.2) is 61.9 Å². The van der Waals surface area contributed by atoms with Crippen LogP contribution in [0.5, 0.6) is 0 Å². The molecular formula is C20H19F4N7O. The van der Waals surface area contributed by atoms with Gasteiger partial charge in [-0.2, -0.15) is 13.2 Å². The second-order valence-electron chi connectivity index (χ2n) is 7.35. The maximum Gasteiger partial charge on any atom is 0.433 e. The van der Waals surface area contributed by atoms with Gasteiger partial charge in [0.25, 0.3) is 5.91 Å². The van der Waals surface area contributed by atoms with E-state index in [1.807, 2.05) is 0 Å². The molecule has 1 aromatic carbocycles. The number of carbonyl (C=O) groups is 1. The number of aryl methyl sites for hydroxylation is 1. The lowest BCUT2D eigenvalue weighted by atomic mass is 10.2. The van der Waals surface area contributed by atoms with E-state index in [-0.39, 0.29) is 42.2 Å². The van der Waals surface area contributed by atoms with Gasteiger partial charge in [0.05, 0.1) is 11.4 Å². The average molecular weight is 449 g/mol. The van der Waals surface area contributed by atoms with Crippen LogP contribution in [0.2, 0.25) is 0 Å². The lowest BCUT2D eigenvalue weighted by molar-refractivity contribution is -0.141. The summed E-state index contributed by atoms with van der Waals surface area (Å²) in [5, 5.41) is 7.99. The first kappa shape index (κ1) is 21.7. The number of rotatable bonds is 3. The van der Waals surface area contributed by atoms with E-state index in [4.69, 9.17) is 0 Å². The zero-order chi connectivity index (χ0) is 23.0. The Morgan fingerprint density at radius 3 is 2.28 bits per heavy atom. The van der Waals surface area contributed by atoms with Gasteiger partial charge in [-0.1, -0.05) is 5.21 Å². The highest BCUT2D eigenvalue weighted by molar-refractivity contribution is 5.93. The Hall–Kier alpha value is -3.57. The number of aromatic nitrogens is 5. The molecule has 12 heteroatoms. The number of hydrogen-bond donors (Lipinski definition) is 0. The van der Waals surface area contributed by atoms with Gasteiger partial charge in [0, 0.05) is 32.2 Å². The number of piperazine rings is 1. The third kappa shape index (κ3) is 4.25. The zero-order valence-corrected chi connectivity index (χ0v) is 17.3. The summed E-state index contributed by atoms with van der Waals surface area (Å²) in [5.41, 5.74) is 0.247. The van der Waals surface area contributed by atoms with E-state index in [0.717, 1.165) is 6.07 Å². The quantitative estimate of drug-likeness (QED) is 0.573. The molecule has 168 valence electrons. The molecule has 3 heterocycles. The van der Waals surface area contributed by atoms with E-state index < -0.39 is 11.9 Å². The molecule has 4 rings (SSSR count). The van der Waals surface area contributed by atoms with Crippen LogP contribution >= 0.6 is 0 Å². The van der Waals surface area contributed by atoms with Crippen molar-refractivity contribution in [1.82, 2.24) is 29.9 Å². The highest BCUT2D eigenvalue weighted by atomic mass is 19.4. The molecule has 3 aromatic rings. The topological polar surface area (TPSA) is 80.0 Å². The first-order chi connectivity index (χ1) is 15.1. The predicted octanol–water partition coefficient (Wildman–Crippen LogP) is 2.79. The monoisotopic (exact) mass is 449 g/mol. The molecule has 0 atom stereocenters. The minimum absolute atomic E-state index is 0.0290. The number of anilines is 1. The van der Waals surface area contributed by atoms with Crippen molar-refractivity contribution in [2.45, 2.75) is 20.0 Å². The molecule has 32 heavy (non-hydrogen) atoms. The number of benzene rings is 1. The Balaban J connectivity index is 1.47. The summed E-state index contributed by atoms with van der Waals surface area (Å²) in [6.45, 7) is 4.29. The molecule has 1 saturated heterocycles. The van der Waals surface area contributed by atoms with Gasteiger partial charge in [0.2, 0.25) is 0 Å². The van der Waals surface area contributed by atoms with Gasteiger partial charge < -0.3 is 9.80 Å². The third-order valence-corrected chi connectivity index (χ3v) is 5.17. The van der Waals surface area contributed by atoms with Crippen molar-refractivity contribution in [3.8, 4) is 5.69 Å². The van der Waals surface area contributed by atoms with E-state index in [2.05, 4.69) is 20.3 Å². The highest BCUT2D eigenvalue weighted by Gasteiger charge is 2.34. The Morgan fingerprint density at radius 2 is 1.66 bits per heavy atom. The number of carbonyl (C=O) groups excluding carboxylic acids is 1. The van der Waals surface area contributed by atoms with Crippen LogP contribution in [0.4, 0.5) is 23.4 Å². The average Bonchev–Trinajstić information content (AvgIpc) is 3.14. The third-order valence-electron chi connectivity index (χ3n) is 5.17. The van der Waals surface area contributed by atoms with E-state index in [9.17, 15) is 22.4 Å². The van der Waals surface area contributed by atoms with Crippen LogP contribution in [0.15, 0.2) is 30.3 Å². The molecule has 0 unspecified atom stereocenters. The van der Waals surface area contributed by atoms with Crippen LogP contribution in [0, 0.1) is 19.7 Å². The van der Waals surface area contributed by atoms with Gasteiger partial charge in [0.1, 0.15) is 23.2 Å².